The van der Waals surface area contributed by atoms with E-state index in [1.807, 2.05) is 19.9 Å². The molecule has 33 heavy (non-hydrogen) atoms. The van der Waals surface area contributed by atoms with E-state index in [2.05, 4.69) is 13.8 Å². The molecule has 0 spiro atoms. The number of aliphatic carboxylic acids is 1. The van der Waals surface area contributed by atoms with Gasteiger partial charge in [0.05, 0.1) is 49.7 Å². The lowest BCUT2D eigenvalue weighted by Gasteiger charge is -2.64. The normalized spacial score (nSPS) is 52.5. The predicted octanol–water partition coefficient (Wildman–Crippen LogP) is 3.11. The van der Waals surface area contributed by atoms with Crippen molar-refractivity contribution in [2.75, 3.05) is 6.61 Å². The molecule has 2 saturated carbocycles. The molecule has 180 valence electrons. The van der Waals surface area contributed by atoms with Crippen molar-refractivity contribution in [3.05, 3.63) is 35.3 Å². The van der Waals surface area contributed by atoms with Gasteiger partial charge in [-0.05, 0) is 36.5 Å². The number of hydrogen-bond acceptors (Lipinski definition) is 6. The van der Waals surface area contributed by atoms with Crippen LogP contribution in [0.15, 0.2) is 34.2 Å². The Hall–Kier alpha value is -1.67. The van der Waals surface area contributed by atoms with Crippen LogP contribution in [0.1, 0.15) is 58.4 Å². The number of furan rings is 1. The highest BCUT2D eigenvalue weighted by atomic mass is 16.6. The molecule has 0 amide bonds. The van der Waals surface area contributed by atoms with Gasteiger partial charge in [0.15, 0.2) is 0 Å². The first-order valence-corrected chi connectivity index (χ1v) is 12.1. The summed E-state index contributed by atoms with van der Waals surface area (Å²) in [6.07, 6.45) is 2.21. The van der Waals surface area contributed by atoms with Gasteiger partial charge in [-0.2, -0.15) is 0 Å². The summed E-state index contributed by atoms with van der Waals surface area (Å²) in [6, 6.07) is 1.99. The number of carboxylic acids is 1. The number of carbonyl (C=O) groups is 1. The smallest absolute Gasteiger partial charge is 0.303 e. The highest BCUT2D eigenvalue weighted by molar-refractivity contribution is 5.68. The molecule has 6 rings (SSSR count). The van der Waals surface area contributed by atoms with Crippen LogP contribution in [0.25, 0.3) is 0 Å². The summed E-state index contributed by atoms with van der Waals surface area (Å²) < 4.78 is 18.5. The third-order valence-corrected chi connectivity index (χ3v) is 10.5. The van der Waals surface area contributed by atoms with E-state index in [4.69, 9.17) is 13.9 Å². The van der Waals surface area contributed by atoms with Gasteiger partial charge in [0.2, 0.25) is 0 Å². The fraction of sp³-hybridized carbons (Fsp3) is 0.731. The van der Waals surface area contributed by atoms with Crippen molar-refractivity contribution >= 4 is 5.97 Å². The molecule has 11 atom stereocenters. The zero-order valence-corrected chi connectivity index (χ0v) is 19.7. The fourth-order valence-corrected chi connectivity index (χ4v) is 9.09. The van der Waals surface area contributed by atoms with Gasteiger partial charge in [0, 0.05) is 40.9 Å². The minimum Gasteiger partial charge on any atom is -0.481 e. The van der Waals surface area contributed by atoms with Gasteiger partial charge in [-0.1, -0.05) is 26.3 Å². The zero-order chi connectivity index (χ0) is 23.5. The van der Waals surface area contributed by atoms with Gasteiger partial charge in [0.25, 0.3) is 0 Å². The first kappa shape index (κ1) is 21.8. The summed E-state index contributed by atoms with van der Waals surface area (Å²) in [4.78, 5) is 12.2. The number of aliphatic hydroxyl groups excluding tert-OH is 2. The molecular formula is C26H34O7. The first-order chi connectivity index (χ1) is 15.5. The lowest BCUT2D eigenvalue weighted by atomic mass is 9.40. The third kappa shape index (κ3) is 2.47. The molecule has 1 aromatic rings. The van der Waals surface area contributed by atoms with Crippen molar-refractivity contribution < 1.29 is 34.0 Å². The average molecular weight is 459 g/mol. The van der Waals surface area contributed by atoms with Crippen LogP contribution in [0.4, 0.5) is 0 Å². The average Bonchev–Trinajstić information content (AvgIpc) is 3.50. The number of ether oxygens (including phenoxy) is 2. The standard InChI is InChI=1S/C26H34O7/c1-12-14(13-5-6-31-10-13)7-15-20(12)26(4)16(8-19(29)30)25(3)18(28)9-17(27)24(2)11-32-21(22(24)25)23(26)33-15/h5-6,10,14-18,21-23,27-28H,7-9,11H2,1-4H3,(H,29,30)/t14-,15+,16+,17+,18-,21+,22-,23+,24-,25+,26+/m0/s1. The van der Waals surface area contributed by atoms with Crippen LogP contribution in [0.3, 0.4) is 0 Å². The maximum Gasteiger partial charge on any atom is 0.303 e. The molecule has 0 bridgehead atoms. The van der Waals surface area contributed by atoms with Crippen molar-refractivity contribution in [2.24, 2.45) is 28.1 Å². The molecule has 2 aliphatic heterocycles. The number of rotatable bonds is 3. The molecule has 2 saturated heterocycles. The zero-order valence-electron chi connectivity index (χ0n) is 19.7. The molecule has 7 heteroatoms. The highest BCUT2D eigenvalue weighted by Crippen LogP contribution is 2.73. The van der Waals surface area contributed by atoms with Crippen LogP contribution in [-0.2, 0) is 14.3 Å². The first-order valence-electron chi connectivity index (χ1n) is 12.1. The topological polar surface area (TPSA) is 109 Å². The monoisotopic (exact) mass is 458 g/mol. The van der Waals surface area contributed by atoms with E-state index >= 15 is 0 Å². The van der Waals surface area contributed by atoms with Crippen molar-refractivity contribution in [1.82, 2.24) is 0 Å². The Balaban J connectivity index is 1.55. The Labute approximate surface area is 193 Å². The Morgan fingerprint density at radius 3 is 2.61 bits per heavy atom. The van der Waals surface area contributed by atoms with Crippen LogP contribution in [0.2, 0.25) is 0 Å². The summed E-state index contributed by atoms with van der Waals surface area (Å²) in [6.45, 7) is 8.73. The number of allylic oxidation sites excluding steroid dienone is 1. The Bertz CT molecular complexity index is 1020. The second-order valence-electron chi connectivity index (χ2n) is 11.8. The quantitative estimate of drug-likeness (QED) is 0.597. The van der Waals surface area contributed by atoms with Crippen molar-refractivity contribution in [2.45, 2.75) is 83.4 Å². The second-order valence-corrected chi connectivity index (χ2v) is 11.8. The SMILES string of the molecule is CC1=C2[C@@H](C[C@@H]1c1ccoc1)O[C@@H]1[C@@H]3OC[C@@]4(C)[C@H](O)C[C@H](O)[C@](C)([C@@H]34)[C@@H](CC(=O)O)[C@]21C. The lowest BCUT2D eigenvalue weighted by Crippen LogP contribution is -2.70. The third-order valence-electron chi connectivity index (χ3n) is 10.5. The maximum absolute atomic E-state index is 12.2. The summed E-state index contributed by atoms with van der Waals surface area (Å²) in [7, 11) is 0. The molecule has 3 aliphatic carbocycles. The van der Waals surface area contributed by atoms with Crippen molar-refractivity contribution in [3.8, 4) is 0 Å². The van der Waals surface area contributed by atoms with Gasteiger partial charge in [0.1, 0.15) is 0 Å². The largest absolute Gasteiger partial charge is 0.481 e. The van der Waals surface area contributed by atoms with Crippen LogP contribution in [-0.4, -0.2) is 58.4 Å². The lowest BCUT2D eigenvalue weighted by molar-refractivity contribution is -0.242. The van der Waals surface area contributed by atoms with Gasteiger partial charge >= 0.3 is 5.97 Å². The van der Waals surface area contributed by atoms with Crippen molar-refractivity contribution in [1.29, 1.82) is 0 Å². The Morgan fingerprint density at radius 2 is 1.94 bits per heavy atom. The number of hydrogen-bond donors (Lipinski definition) is 3. The van der Waals surface area contributed by atoms with Gasteiger partial charge in [-0.3, -0.25) is 4.79 Å². The fourth-order valence-electron chi connectivity index (χ4n) is 9.09. The molecule has 1 aromatic heterocycles. The van der Waals surface area contributed by atoms with Crippen LogP contribution in [0.5, 0.6) is 0 Å². The predicted molar refractivity (Wildman–Crippen MR) is 117 cm³/mol. The molecule has 3 heterocycles. The molecule has 3 N–H and O–H groups in total. The summed E-state index contributed by atoms with van der Waals surface area (Å²) in [5, 5.41) is 32.5. The van der Waals surface area contributed by atoms with E-state index in [1.54, 1.807) is 12.5 Å². The number of aliphatic hydroxyl groups is 2. The summed E-state index contributed by atoms with van der Waals surface area (Å²) in [5.74, 6) is -1.24. The summed E-state index contributed by atoms with van der Waals surface area (Å²) in [5.41, 5.74) is 1.66. The molecule has 5 aliphatic rings. The second kappa shape index (κ2) is 6.72. The molecule has 7 nitrogen and oxygen atoms in total. The van der Waals surface area contributed by atoms with E-state index < -0.39 is 34.4 Å². The van der Waals surface area contributed by atoms with Crippen LogP contribution >= 0.6 is 0 Å². The maximum atomic E-state index is 12.2. The van der Waals surface area contributed by atoms with E-state index in [1.165, 1.54) is 11.1 Å². The molecule has 0 aromatic carbocycles. The Kier molecular flexibility index (Phi) is 4.44. The van der Waals surface area contributed by atoms with Crippen molar-refractivity contribution in [3.63, 3.8) is 0 Å². The van der Waals surface area contributed by atoms with Gasteiger partial charge in [-0.15, -0.1) is 0 Å². The molecular weight excluding hydrogens is 424 g/mol. The minimum absolute atomic E-state index is 0.0564. The van der Waals surface area contributed by atoms with E-state index in [0.29, 0.717) is 6.61 Å². The molecule has 0 unspecified atom stereocenters. The number of carboxylic acid groups (broad SMARTS) is 1. The van der Waals surface area contributed by atoms with E-state index in [-0.39, 0.29) is 48.9 Å². The van der Waals surface area contributed by atoms with Gasteiger partial charge in [-0.25, -0.2) is 0 Å². The van der Waals surface area contributed by atoms with Gasteiger partial charge < -0.3 is 29.2 Å². The van der Waals surface area contributed by atoms with Crippen LogP contribution in [0, 0.1) is 28.1 Å². The van der Waals surface area contributed by atoms with E-state index in [0.717, 1.165) is 12.0 Å². The molecule has 0 radical (unpaired) electrons. The Morgan fingerprint density at radius 1 is 1.18 bits per heavy atom. The number of fused-ring (bicyclic) bond motifs is 4. The summed E-state index contributed by atoms with van der Waals surface area (Å²) >= 11 is 0. The minimum atomic E-state index is -0.871. The van der Waals surface area contributed by atoms with Crippen LogP contribution < -0.4 is 0 Å². The van der Waals surface area contributed by atoms with E-state index in [9.17, 15) is 20.1 Å². The molecule has 4 fully saturated rings. The highest BCUT2D eigenvalue weighted by Gasteiger charge is 2.77.